The summed E-state index contributed by atoms with van der Waals surface area (Å²) < 4.78 is 5.37. The van der Waals surface area contributed by atoms with E-state index in [4.69, 9.17) is 4.74 Å². The number of hydrogen-bond donors (Lipinski definition) is 4. The number of hydrogen-bond acceptors (Lipinski definition) is 6. The molecule has 0 radical (unpaired) electrons. The molecule has 0 fully saturated rings. The summed E-state index contributed by atoms with van der Waals surface area (Å²) in [7, 11) is 0. The number of aryl methyl sites for hydroxylation is 1. The first-order valence-electron chi connectivity index (χ1n) is 12.4. The standard InChI is InChI=1S/C28H39N3O6/c1-7-18(2)23(30-27(36)37-28(4,5)6)26(35)31(16-17-32)24(20-13-9-11-15-22(20)33)25(34)29-21-14-10-8-12-19(21)3/h8-15,18,23-24,32-33H,7,16-17H2,1-6H3,(H,29,34)(H,30,36). The molecule has 4 N–H and O–H groups in total. The highest BCUT2D eigenvalue weighted by Crippen LogP contribution is 2.31. The lowest BCUT2D eigenvalue weighted by atomic mass is 9.95. The van der Waals surface area contributed by atoms with Gasteiger partial charge in [0.15, 0.2) is 0 Å². The zero-order valence-corrected chi connectivity index (χ0v) is 22.4. The summed E-state index contributed by atoms with van der Waals surface area (Å²) in [5, 5.41) is 26.0. The Hall–Kier alpha value is -3.59. The second-order valence-corrected chi connectivity index (χ2v) is 10.0. The van der Waals surface area contributed by atoms with Gasteiger partial charge < -0.3 is 30.5 Å². The molecule has 0 aliphatic heterocycles. The molecule has 3 amide bonds. The van der Waals surface area contributed by atoms with E-state index in [0.29, 0.717) is 12.1 Å². The molecule has 9 heteroatoms. The van der Waals surface area contributed by atoms with Crippen molar-refractivity contribution >= 4 is 23.6 Å². The van der Waals surface area contributed by atoms with Crippen LogP contribution >= 0.6 is 0 Å². The molecule has 2 aromatic rings. The molecule has 3 atom stereocenters. The van der Waals surface area contributed by atoms with Gasteiger partial charge in [-0.05, 0) is 51.3 Å². The first-order valence-corrected chi connectivity index (χ1v) is 12.4. The Balaban J connectivity index is 2.54. The van der Waals surface area contributed by atoms with E-state index in [1.807, 2.05) is 26.0 Å². The summed E-state index contributed by atoms with van der Waals surface area (Å²) in [5.41, 5.74) is 0.783. The van der Waals surface area contributed by atoms with E-state index in [0.717, 1.165) is 5.56 Å². The van der Waals surface area contributed by atoms with Gasteiger partial charge in [0.25, 0.3) is 5.91 Å². The summed E-state index contributed by atoms with van der Waals surface area (Å²) >= 11 is 0. The minimum Gasteiger partial charge on any atom is -0.508 e. The van der Waals surface area contributed by atoms with Crippen molar-refractivity contribution < 1.29 is 29.3 Å². The molecule has 0 aliphatic carbocycles. The molecule has 9 nitrogen and oxygen atoms in total. The van der Waals surface area contributed by atoms with Crippen molar-refractivity contribution in [2.75, 3.05) is 18.5 Å². The van der Waals surface area contributed by atoms with Crippen LogP contribution in [0.1, 0.15) is 58.2 Å². The van der Waals surface area contributed by atoms with E-state index >= 15 is 0 Å². The highest BCUT2D eigenvalue weighted by molar-refractivity contribution is 5.99. The third-order valence-corrected chi connectivity index (χ3v) is 5.97. The lowest BCUT2D eigenvalue weighted by Gasteiger charge is -2.36. The molecular weight excluding hydrogens is 474 g/mol. The number of amides is 3. The zero-order chi connectivity index (χ0) is 27.8. The van der Waals surface area contributed by atoms with Gasteiger partial charge >= 0.3 is 6.09 Å². The van der Waals surface area contributed by atoms with Crippen molar-refractivity contribution in [1.29, 1.82) is 0 Å². The number of phenols is 1. The molecule has 0 bridgehead atoms. The Bertz CT molecular complexity index is 1080. The number of alkyl carbamates (subject to hydrolysis) is 1. The SMILES string of the molecule is CCC(C)C(NC(=O)OC(C)(C)C)C(=O)N(CCO)C(C(=O)Nc1ccccc1C)c1ccccc1O. The molecule has 2 rings (SSSR count). The lowest BCUT2D eigenvalue weighted by Crippen LogP contribution is -2.55. The maximum absolute atomic E-state index is 14.0. The van der Waals surface area contributed by atoms with E-state index in [2.05, 4.69) is 10.6 Å². The van der Waals surface area contributed by atoms with Crippen molar-refractivity contribution in [3.63, 3.8) is 0 Å². The number of para-hydroxylation sites is 2. The van der Waals surface area contributed by atoms with Gasteiger partial charge in [0.2, 0.25) is 5.91 Å². The normalized spacial score (nSPS) is 13.7. The molecule has 202 valence electrons. The van der Waals surface area contributed by atoms with Crippen molar-refractivity contribution in [3.05, 3.63) is 59.7 Å². The van der Waals surface area contributed by atoms with Gasteiger partial charge in [-0.3, -0.25) is 9.59 Å². The number of benzene rings is 2. The Morgan fingerprint density at radius 2 is 1.68 bits per heavy atom. The molecule has 0 heterocycles. The Morgan fingerprint density at radius 1 is 1.05 bits per heavy atom. The third kappa shape index (κ3) is 8.21. The second-order valence-electron chi connectivity index (χ2n) is 10.0. The number of aliphatic hydroxyl groups is 1. The predicted molar refractivity (Wildman–Crippen MR) is 142 cm³/mol. The second kappa shape index (κ2) is 13.1. The zero-order valence-electron chi connectivity index (χ0n) is 22.4. The van der Waals surface area contributed by atoms with Gasteiger partial charge in [0, 0.05) is 17.8 Å². The van der Waals surface area contributed by atoms with E-state index in [9.17, 15) is 24.6 Å². The molecule has 37 heavy (non-hydrogen) atoms. The summed E-state index contributed by atoms with van der Waals surface area (Å²) in [6.45, 7) is 10.0. The summed E-state index contributed by atoms with van der Waals surface area (Å²) in [6.07, 6.45) is -0.214. The van der Waals surface area contributed by atoms with E-state index in [-0.39, 0.29) is 23.8 Å². The Labute approximate surface area is 218 Å². The lowest BCUT2D eigenvalue weighted by molar-refractivity contribution is -0.142. The number of ether oxygens (including phenoxy) is 1. The fourth-order valence-electron chi connectivity index (χ4n) is 3.85. The largest absolute Gasteiger partial charge is 0.508 e. The van der Waals surface area contributed by atoms with Crippen LogP contribution in [0.5, 0.6) is 5.75 Å². The van der Waals surface area contributed by atoms with Gasteiger partial charge in [-0.1, -0.05) is 56.7 Å². The number of aromatic hydroxyl groups is 1. The van der Waals surface area contributed by atoms with E-state index < -0.39 is 42.2 Å². The smallest absolute Gasteiger partial charge is 0.408 e. The monoisotopic (exact) mass is 513 g/mol. The number of nitrogens with one attached hydrogen (secondary N) is 2. The van der Waals surface area contributed by atoms with Crippen LogP contribution in [-0.2, 0) is 14.3 Å². The maximum Gasteiger partial charge on any atom is 0.408 e. The van der Waals surface area contributed by atoms with Crippen LogP contribution < -0.4 is 10.6 Å². The number of rotatable bonds is 10. The molecule has 0 aromatic heterocycles. The number of anilines is 1. The minimum atomic E-state index is -1.28. The first kappa shape index (κ1) is 29.6. The minimum absolute atomic E-state index is 0.177. The van der Waals surface area contributed by atoms with Crippen molar-refractivity contribution in [3.8, 4) is 5.75 Å². The van der Waals surface area contributed by atoms with Crippen LogP contribution in [0.3, 0.4) is 0 Å². The first-order chi connectivity index (χ1) is 17.4. The number of phenolic OH excluding ortho intramolecular Hbond substituents is 1. The topological polar surface area (TPSA) is 128 Å². The molecule has 0 saturated carbocycles. The average Bonchev–Trinajstić information content (AvgIpc) is 2.82. The molecular formula is C28H39N3O6. The van der Waals surface area contributed by atoms with Crippen LogP contribution in [0.4, 0.5) is 10.5 Å². The van der Waals surface area contributed by atoms with Gasteiger partial charge in [0.05, 0.1) is 6.61 Å². The quantitative estimate of drug-likeness (QED) is 0.378. The Morgan fingerprint density at radius 3 is 2.24 bits per heavy atom. The fourth-order valence-corrected chi connectivity index (χ4v) is 3.85. The maximum atomic E-state index is 14.0. The third-order valence-electron chi connectivity index (χ3n) is 5.97. The van der Waals surface area contributed by atoms with Crippen molar-refractivity contribution in [2.45, 2.75) is 65.6 Å². The summed E-state index contributed by atoms with van der Waals surface area (Å²) in [5.74, 6) is -1.64. The van der Waals surface area contributed by atoms with Gasteiger partial charge in [-0.15, -0.1) is 0 Å². The highest BCUT2D eigenvalue weighted by Gasteiger charge is 2.39. The number of nitrogens with zero attached hydrogens (tertiary/aromatic N) is 1. The molecule has 3 unspecified atom stereocenters. The summed E-state index contributed by atoms with van der Waals surface area (Å²) in [6, 6.07) is 11.1. The molecule has 0 spiro atoms. The number of aliphatic hydroxyl groups excluding tert-OH is 1. The highest BCUT2D eigenvalue weighted by atomic mass is 16.6. The van der Waals surface area contributed by atoms with E-state index in [1.165, 1.54) is 11.0 Å². The van der Waals surface area contributed by atoms with Crippen molar-refractivity contribution in [2.24, 2.45) is 5.92 Å². The number of carbonyl (C=O) groups is 3. The van der Waals surface area contributed by atoms with Crippen LogP contribution in [0.2, 0.25) is 0 Å². The molecule has 2 aromatic carbocycles. The predicted octanol–water partition coefficient (Wildman–Crippen LogP) is 4.14. The van der Waals surface area contributed by atoms with Crippen LogP contribution in [0, 0.1) is 12.8 Å². The van der Waals surface area contributed by atoms with Gasteiger partial charge in [-0.2, -0.15) is 0 Å². The van der Waals surface area contributed by atoms with Crippen LogP contribution in [0.15, 0.2) is 48.5 Å². The average molecular weight is 514 g/mol. The van der Waals surface area contributed by atoms with Crippen LogP contribution in [0.25, 0.3) is 0 Å². The number of carbonyl (C=O) groups excluding carboxylic acids is 3. The summed E-state index contributed by atoms with van der Waals surface area (Å²) in [4.78, 5) is 41.5. The van der Waals surface area contributed by atoms with Gasteiger partial charge in [0.1, 0.15) is 23.4 Å². The van der Waals surface area contributed by atoms with Gasteiger partial charge in [-0.25, -0.2) is 4.79 Å². The Kier molecular flexibility index (Phi) is 10.5. The van der Waals surface area contributed by atoms with E-state index in [1.54, 1.807) is 58.0 Å². The van der Waals surface area contributed by atoms with Crippen molar-refractivity contribution in [1.82, 2.24) is 10.2 Å². The van der Waals surface area contributed by atoms with Crippen LogP contribution in [-0.4, -0.2) is 57.8 Å². The molecule has 0 aliphatic rings. The fraction of sp³-hybridized carbons (Fsp3) is 0.464. The molecule has 0 saturated heterocycles.